The molecule has 0 unspecified atom stereocenters. The predicted molar refractivity (Wildman–Crippen MR) is 122 cm³/mol. The Hall–Kier alpha value is -3.19. The SMILES string of the molecule is Cc1nn(C)c2ccc(-c3ccc(C(=O)N4CCN(C(=O)C5(O)CCC5)CC4)cc3)cc12. The van der Waals surface area contributed by atoms with E-state index in [1.54, 1.807) is 9.80 Å². The van der Waals surface area contributed by atoms with Gasteiger partial charge in [0.25, 0.3) is 11.8 Å². The number of piperazine rings is 1. The molecule has 5 rings (SSSR count). The van der Waals surface area contributed by atoms with E-state index in [2.05, 4.69) is 23.3 Å². The topological polar surface area (TPSA) is 78.7 Å². The minimum absolute atomic E-state index is 0.0236. The molecular formula is C25H28N4O3. The number of aromatic nitrogens is 2. The van der Waals surface area contributed by atoms with E-state index < -0.39 is 5.60 Å². The van der Waals surface area contributed by atoms with Crippen LogP contribution in [0.2, 0.25) is 0 Å². The molecule has 1 aliphatic carbocycles. The van der Waals surface area contributed by atoms with Crippen molar-refractivity contribution in [1.29, 1.82) is 0 Å². The van der Waals surface area contributed by atoms with Gasteiger partial charge in [0.1, 0.15) is 5.60 Å². The number of fused-ring (bicyclic) bond motifs is 1. The zero-order valence-corrected chi connectivity index (χ0v) is 18.5. The van der Waals surface area contributed by atoms with Gasteiger partial charge in [0.15, 0.2) is 0 Å². The van der Waals surface area contributed by atoms with Gasteiger partial charge in [-0.2, -0.15) is 5.10 Å². The van der Waals surface area contributed by atoms with Gasteiger partial charge in [-0.1, -0.05) is 18.2 Å². The summed E-state index contributed by atoms with van der Waals surface area (Å²) in [6.45, 7) is 3.91. The number of carbonyl (C=O) groups is 2. The molecule has 3 aromatic rings. The third-order valence-electron chi connectivity index (χ3n) is 6.93. The number of nitrogens with zero attached hydrogens (tertiary/aromatic N) is 4. The zero-order chi connectivity index (χ0) is 22.5. The standard InChI is InChI=1S/C25H28N4O3/c1-17-21-16-20(8-9-22(21)27(2)26-17)18-4-6-19(7-5-18)23(30)28-12-14-29(15-13-28)24(31)25(32)10-3-11-25/h4-9,16,32H,3,10-15H2,1-2H3. The van der Waals surface area contributed by atoms with E-state index in [1.165, 1.54) is 0 Å². The van der Waals surface area contributed by atoms with Gasteiger partial charge < -0.3 is 14.9 Å². The number of benzene rings is 2. The van der Waals surface area contributed by atoms with Crippen LogP contribution in [0.1, 0.15) is 35.3 Å². The largest absolute Gasteiger partial charge is 0.380 e. The lowest BCUT2D eigenvalue weighted by Gasteiger charge is -2.42. The summed E-state index contributed by atoms with van der Waals surface area (Å²) in [5.74, 6) is -0.203. The van der Waals surface area contributed by atoms with Crippen LogP contribution in [-0.4, -0.2) is 68.3 Å². The Kier molecular flexibility index (Phi) is 5.01. The Morgan fingerprint density at radius 2 is 1.56 bits per heavy atom. The number of hydrogen-bond acceptors (Lipinski definition) is 4. The number of aryl methyl sites for hydroxylation is 2. The summed E-state index contributed by atoms with van der Waals surface area (Å²) in [7, 11) is 1.94. The van der Waals surface area contributed by atoms with Crippen LogP contribution in [0.5, 0.6) is 0 Å². The van der Waals surface area contributed by atoms with Gasteiger partial charge in [0.2, 0.25) is 0 Å². The molecular weight excluding hydrogens is 404 g/mol. The number of carbonyl (C=O) groups excluding carboxylic acids is 2. The maximum atomic E-state index is 13.0. The molecule has 2 heterocycles. The first-order chi connectivity index (χ1) is 15.4. The molecule has 0 atom stereocenters. The molecule has 0 radical (unpaired) electrons. The lowest BCUT2D eigenvalue weighted by Crippen LogP contribution is -2.58. The highest BCUT2D eigenvalue weighted by molar-refractivity contribution is 5.95. The van der Waals surface area contributed by atoms with Crippen molar-refractivity contribution in [3.63, 3.8) is 0 Å². The van der Waals surface area contributed by atoms with Crippen molar-refractivity contribution in [3.8, 4) is 11.1 Å². The van der Waals surface area contributed by atoms with Gasteiger partial charge in [-0.15, -0.1) is 0 Å². The van der Waals surface area contributed by atoms with E-state index in [4.69, 9.17) is 0 Å². The fourth-order valence-corrected chi connectivity index (χ4v) is 4.74. The number of hydrogen-bond donors (Lipinski definition) is 1. The Bertz CT molecular complexity index is 1190. The molecule has 0 bridgehead atoms. The molecule has 1 aromatic heterocycles. The van der Waals surface area contributed by atoms with E-state index in [1.807, 2.05) is 42.9 Å². The summed E-state index contributed by atoms with van der Waals surface area (Å²) in [6, 6.07) is 14.0. The van der Waals surface area contributed by atoms with Crippen LogP contribution in [0.15, 0.2) is 42.5 Å². The third kappa shape index (κ3) is 3.46. The second-order valence-corrected chi connectivity index (χ2v) is 8.99. The Labute approximate surface area is 187 Å². The Morgan fingerprint density at radius 1 is 0.938 bits per heavy atom. The van der Waals surface area contributed by atoms with Gasteiger partial charge >= 0.3 is 0 Å². The van der Waals surface area contributed by atoms with Crippen molar-refractivity contribution < 1.29 is 14.7 Å². The van der Waals surface area contributed by atoms with Crippen molar-refractivity contribution in [2.24, 2.45) is 7.05 Å². The van der Waals surface area contributed by atoms with Gasteiger partial charge in [-0.05, 0) is 61.6 Å². The van der Waals surface area contributed by atoms with E-state index in [-0.39, 0.29) is 11.8 Å². The second kappa shape index (κ2) is 7.74. The van der Waals surface area contributed by atoms with Crippen LogP contribution in [0.25, 0.3) is 22.0 Å². The summed E-state index contributed by atoms with van der Waals surface area (Å²) < 4.78 is 1.89. The fourth-order valence-electron chi connectivity index (χ4n) is 4.74. The van der Waals surface area contributed by atoms with Crippen molar-refractivity contribution in [2.45, 2.75) is 31.8 Å². The van der Waals surface area contributed by atoms with Crippen LogP contribution < -0.4 is 0 Å². The van der Waals surface area contributed by atoms with Gasteiger partial charge in [0, 0.05) is 44.2 Å². The first-order valence-electron chi connectivity index (χ1n) is 11.2. The minimum Gasteiger partial charge on any atom is -0.380 e. The monoisotopic (exact) mass is 432 g/mol. The van der Waals surface area contributed by atoms with Crippen molar-refractivity contribution in [3.05, 3.63) is 53.7 Å². The summed E-state index contributed by atoms with van der Waals surface area (Å²) in [5, 5.41) is 15.9. The fraction of sp³-hybridized carbons (Fsp3) is 0.400. The smallest absolute Gasteiger partial charge is 0.254 e. The highest BCUT2D eigenvalue weighted by Gasteiger charge is 2.45. The molecule has 32 heavy (non-hydrogen) atoms. The number of amides is 2. The Morgan fingerprint density at radius 3 is 2.19 bits per heavy atom. The molecule has 1 saturated heterocycles. The minimum atomic E-state index is -1.17. The maximum absolute atomic E-state index is 13.0. The highest BCUT2D eigenvalue weighted by atomic mass is 16.3. The van der Waals surface area contributed by atoms with E-state index in [9.17, 15) is 14.7 Å². The number of aliphatic hydroxyl groups is 1. The average Bonchev–Trinajstić information content (AvgIpc) is 3.09. The average molecular weight is 433 g/mol. The summed E-state index contributed by atoms with van der Waals surface area (Å²) in [4.78, 5) is 28.9. The van der Waals surface area contributed by atoms with Crippen molar-refractivity contribution in [1.82, 2.24) is 19.6 Å². The summed E-state index contributed by atoms with van der Waals surface area (Å²) in [6.07, 6.45) is 1.99. The van der Waals surface area contributed by atoms with Crippen LogP contribution in [0.4, 0.5) is 0 Å². The summed E-state index contributed by atoms with van der Waals surface area (Å²) in [5.41, 5.74) is 3.71. The molecule has 7 heteroatoms. The van der Waals surface area contributed by atoms with Crippen LogP contribution in [-0.2, 0) is 11.8 Å². The molecule has 7 nitrogen and oxygen atoms in total. The molecule has 2 aromatic carbocycles. The van der Waals surface area contributed by atoms with Gasteiger partial charge in [-0.3, -0.25) is 14.3 Å². The van der Waals surface area contributed by atoms with Gasteiger partial charge in [0.05, 0.1) is 11.2 Å². The van der Waals surface area contributed by atoms with Crippen LogP contribution >= 0.6 is 0 Å². The number of rotatable bonds is 3. The van der Waals surface area contributed by atoms with Crippen molar-refractivity contribution >= 4 is 22.7 Å². The molecule has 1 saturated carbocycles. The molecule has 2 aliphatic rings. The normalized spacial score (nSPS) is 18.0. The lowest BCUT2D eigenvalue weighted by molar-refractivity contribution is -0.161. The third-order valence-corrected chi connectivity index (χ3v) is 6.93. The predicted octanol–water partition coefficient (Wildman–Crippen LogP) is 2.75. The summed E-state index contributed by atoms with van der Waals surface area (Å²) >= 11 is 0. The van der Waals surface area contributed by atoms with Crippen LogP contribution in [0, 0.1) is 6.92 Å². The van der Waals surface area contributed by atoms with Crippen molar-refractivity contribution in [2.75, 3.05) is 26.2 Å². The molecule has 0 spiro atoms. The van der Waals surface area contributed by atoms with E-state index >= 15 is 0 Å². The van der Waals surface area contributed by atoms with Crippen LogP contribution in [0.3, 0.4) is 0 Å². The highest BCUT2D eigenvalue weighted by Crippen LogP contribution is 2.33. The van der Waals surface area contributed by atoms with Gasteiger partial charge in [-0.25, -0.2) is 0 Å². The quantitative estimate of drug-likeness (QED) is 0.690. The van der Waals surface area contributed by atoms with E-state index in [0.29, 0.717) is 44.6 Å². The first-order valence-corrected chi connectivity index (χ1v) is 11.2. The molecule has 1 N–H and O–H groups in total. The maximum Gasteiger partial charge on any atom is 0.254 e. The van der Waals surface area contributed by atoms with E-state index in [0.717, 1.165) is 34.1 Å². The molecule has 2 fully saturated rings. The lowest BCUT2D eigenvalue weighted by atomic mass is 9.79. The first kappa shape index (κ1) is 20.7. The Balaban J connectivity index is 1.26. The second-order valence-electron chi connectivity index (χ2n) is 8.99. The molecule has 166 valence electrons. The molecule has 2 amide bonds. The molecule has 1 aliphatic heterocycles. The zero-order valence-electron chi connectivity index (χ0n) is 18.5.